The van der Waals surface area contributed by atoms with E-state index in [-0.39, 0.29) is 22.0 Å². The summed E-state index contributed by atoms with van der Waals surface area (Å²) in [5.74, 6) is -0.436. The molecule has 1 amide bonds. The van der Waals surface area contributed by atoms with Crippen LogP contribution < -0.4 is 23.8 Å². The van der Waals surface area contributed by atoms with Gasteiger partial charge in [0.1, 0.15) is 17.3 Å². The van der Waals surface area contributed by atoms with Crippen molar-refractivity contribution < 1.29 is 38.2 Å². The van der Waals surface area contributed by atoms with Crippen molar-refractivity contribution in [1.29, 1.82) is 0 Å². The molecule has 11 heteroatoms. The number of Topliss-reactive ketones (excluding diaryl/α,β-unsaturated/α-hetero) is 1. The van der Waals surface area contributed by atoms with Crippen molar-refractivity contribution in [3.05, 3.63) is 63.9 Å². The molecule has 0 unspecified atom stereocenters. The number of rotatable bonds is 7. The summed E-state index contributed by atoms with van der Waals surface area (Å²) < 4.78 is 26.6. The van der Waals surface area contributed by atoms with Crippen LogP contribution in [0.5, 0.6) is 23.0 Å². The van der Waals surface area contributed by atoms with E-state index < -0.39 is 23.5 Å². The van der Waals surface area contributed by atoms with Crippen molar-refractivity contribution in [3.63, 3.8) is 0 Å². The van der Waals surface area contributed by atoms with Crippen molar-refractivity contribution >= 4 is 34.9 Å². The number of nitrogens with zero attached hydrogens (tertiary/aromatic N) is 2. The molecule has 4 rings (SSSR count). The molecule has 0 aliphatic carbocycles. The van der Waals surface area contributed by atoms with E-state index in [0.29, 0.717) is 34.3 Å². The predicted molar refractivity (Wildman–Crippen MR) is 130 cm³/mol. The molecular weight excluding hydrogens is 492 g/mol. The minimum absolute atomic E-state index is 0.0974. The first-order valence-corrected chi connectivity index (χ1v) is 11.0. The Bertz CT molecular complexity index is 1360. The third-order valence-corrected chi connectivity index (χ3v) is 6.03. The number of hydrogen-bond donors (Lipinski definition) is 1. The molecular formula is C25H23ClN2O8. The first-order valence-electron chi connectivity index (χ1n) is 10.6. The third-order valence-electron chi connectivity index (χ3n) is 5.73. The Morgan fingerprint density at radius 2 is 1.61 bits per heavy atom. The maximum atomic E-state index is 13.3. The van der Waals surface area contributed by atoms with E-state index in [4.69, 9.17) is 35.1 Å². The molecule has 0 bridgehead atoms. The number of ether oxygens (including phenoxy) is 4. The summed E-state index contributed by atoms with van der Waals surface area (Å²) in [6, 6.07) is 8.10. The average Bonchev–Trinajstić information content (AvgIpc) is 3.42. The lowest BCUT2D eigenvalue weighted by Gasteiger charge is -2.24. The van der Waals surface area contributed by atoms with Crippen LogP contribution in [0.1, 0.15) is 22.9 Å². The Hall–Kier alpha value is -4.18. The lowest BCUT2D eigenvalue weighted by molar-refractivity contribution is -0.132. The zero-order valence-corrected chi connectivity index (χ0v) is 20.9. The summed E-state index contributed by atoms with van der Waals surface area (Å²) in [5.41, 5.74) is 0.425. The lowest BCUT2D eigenvalue weighted by Crippen LogP contribution is -2.29. The van der Waals surface area contributed by atoms with E-state index in [1.54, 1.807) is 25.1 Å². The zero-order valence-electron chi connectivity index (χ0n) is 20.1. The molecule has 0 saturated carbocycles. The highest BCUT2D eigenvalue weighted by molar-refractivity contribution is 6.51. The smallest absolute Gasteiger partial charge is 0.301 e. The molecule has 0 spiro atoms. The van der Waals surface area contributed by atoms with Crippen LogP contribution >= 0.6 is 11.6 Å². The molecule has 1 aliphatic rings. The molecule has 3 aromatic rings. The fourth-order valence-corrected chi connectivity index (χ4v) is 4.34. The van der Waals surface area contributed by atoms with Crippen LogP contribution in [0.4, 0.5) is 5.82 Å². The Morgan fingerprint density at radius 1 is 0.972 bits per heavy atom. The summed E-state index contributed by atoms with van der Waals surface area (Å²) in [4.78, 5) is 27.7. The number of carbonyl (C=O) groups excluding carboxylic acids is 2. The van der Waals surface area contributed by atoms with Gasteiger partial charge < -0.3 is 28.6 Å². The second kappa shape index (κ2) is 9.82. The number of aromatic nitrogens is 1. The van der Waals surface area contributed by atoms with Crippen molar-refractivity contribution in [2.24, 2.45) is 0 Å². The van der Waals surface area contributed by atoms with Crippen molar-refractivity contribution in [3.8, 4) is 23.0 Å². The van der Waals surface area contributed by atoms with Gasteiger partial charge in [-0.1, -0.05) is 16.8 Å². The van der Waals surface area contributed by atoms with E-state index in [1.165, 1.54) is 46.6 Å². The first-order chi connectivity index (χ1) is 17.2. The van der Waals surface area contributed by atoms with E-state index in [9.17, 15) is 14.7 Å². The number of carbonyl (C=O) groups is 2. The Balaban J connectivity index is 2.00. The molecule has 1 N–H and O–H groups in total. The van der Waals surface area contributed by atoms with Crippen molar-refractivity contribution in [2.75, 3.05) is 33.3 Å². The monoisotopic (exact) mass is 514 g/mol. The highest BCUT2D eigenvalue weighted by Crippen LogP contribution is 2.47. The van der Waals surface area contributed by atoms with Crippen LogP contribution in [-0.2, 0) is 9.59 Å². The molecule has 188 valence electrons. The highest BCUT2D eigenvalue weighted by atomic mass is 35.5. The van der Waals surface area contributed by atoms with Gasteiger partial charge in [-0.25, -0.2) is 0 Å². The molecule has 1 fully saturated rings. The summed E-state index contributed by atoms with van der Waals surface area (Å²) in [7, 11) is 5.80. The molecule has 1 atom stereocenters. The second-order valence-electron chi connectivity index (χ2n) is 7.77. The van der Waals surface area contributed by atoms with Gasteiger partial charge in [0.15, 0.2) is 17.3 Å². The van der Waals surface area contributed by atoms with Gasteiger partial charge in [-0.3, -0.25) is 14.5 Å². The number of anilines is 1. The van der Waals surface area contributed by atoms with Crippen LogP contribution in [0, 0.1) is 6.92 Å². The molecule has 1 aliphatic heterocycles. The number of aliphatic hydroxyl groups is 1. The number of ketones is 1. The van der Waals surface area contributed by atoms with Crippen LogP contribution in [0.2, 0.25) is 5.02 Å². The van der Waals surface area contributed by atoms with Gasteiger partial charge in [0.05, 0.1) is 45.1 Å². The van der Waals surface area contributed by atoms with Crippen LogP contribution in [0.25, 0.3) is 5.76 Å². The zero-order chi connectivity index (χ0) is 26.1. The largest absolute Gasteiger partial charge is 0.507 e. The third kappa shape index (κ3) is 4.09. The fraction of sp³-hybridized carbons (Fsp3) is 0.240. The molecule has 10 nitrogen and oxygen atoms in total. The van der Waals surface area contributed by atoms with Gasteiger partial charge in [0.25, 0.3) is 5.78 Å². The van der Waals surface area contributed by atoms with E-state index in [2.05, 4.69) is 5.16 Å². The number of aliphatic hydroxyl groups excluding tert-OH is 1. The van der Waals surface area contributed by atoms with E-state index in [0.717, 1.165) is 4.90 Å². The maximum absolute atomic E-state index is 13.3. The summed E-state index contributed by atoms with van der Waals surface area (Å²) >= 11 is 6.25. The molecule has 0 radical (unpaired) electrons. The maximum Gasteiger partial charge on any atom is 0.301 e. The minimum Gasteiger partial charge on any atom is -0.507 e. The van der Waals surface area contributed by atoms with Gasteiger partial charge in [-0.2, -0.15) is 0 Å². The van der Waals surface area contributed by atoms with Gasteiger partial charge in [-0.05, 0) is 42.8 Å². The molecule has 36 heavy (non-hydrogen) atoms. The van der Waals surface area contributed by atoms with Crippen molar-refractivity contribution in [2.45, 2.75) is 13.0 Å². The number of benzene rings is 2. The molecule has 1 aromatic heterocycles. The fourth-order valence-electron chi connectivity index (χ4n) is 4.08. The van der Waals surface area contributed by atoms with Crippen molar-refractivity contribution in [1.82, 2.24) is 5.16 Å². The van der Waals surface area contributed by atoms with Crippen LogP contribution in [0.15, 0.2) is 46.5 Å². The number of methoxy groups -OCH3 is 4. The quantitative estimate of drug-likeness (QED) is 0.279. The van der Waals surface area contributed by atoms with E-state index >= 15 is 0 Å². The summed E-state index contributed by atoms with van der Waals surface area (Å²) in [6.07, 6.45) is 0. The number of aryl methyl sites for hydroxylation is 1. The summed E-state index contributed by atoms with van der Waals surface area (Å²) in [5, 5.41) is 15.4. The van der Waals surface area contributed by atoms with Crippen LogP contribution in [-0.4, -0.2) is 50.4 Å². The van der Waals surface area contributed by atoms with Gasteiger partial charge >= 0.3 is 5.91 Å². The highest BCUT2D eigenvalue weighted by Gasteiger charge is 2.48. The normalized spacial score (nSPS) is 16.8. The topological polar surface area (TPSA) is 121 Å². The van der Waals surface area contributed by atoms with E-state index in [1.807, 2.05) is 0 Å². The van der Waals surface area contributed by atoms with Crippen LogP contribution in [0.3, 0.4) is 0 Å². The second-order valence-corrected chi connectivity index (χ2v) is 8.18. The predicted octanol–water partition coefficient (Wildman–Crippen LogP) is 4.30. The Labute approximate surface area is 211 Å². The number of halogens is 1. The average molecular weight is 515 g/mol. The van der Waals surface area contributed by atoms with Gasteiger partial charge in [0, 0.05) is 11.6 Å². The van der Waals surface area contributed by atoms with Gasteiger partial charge in [-0.15, -0.1) is 0 Å². The first kappa shape index (κ1) is 24.9. The van der Waals surface area contributed by atoms with Gasteiger partial charge in [0.2, 0.25) is 5.75 Å². The summed E-state index contributed by atoms with van der Waals surface area (Å²) in [6.45, 7) is 1.65. The molecule has 2 aromatic carbocycles. The standard InChI is InChI=1S/C25H23ClN2O8/c1-12-8-19(27-36-12)28-21(14-10-17(33-3)24(35-5)18(11-14)34-4)20(23(30)25(28)31)22(29)13-6-7-16(32-2)15(26)9-13/h6-11,21,29H,1-5H3/t21-/m0/s1. The number of hydrogen-bond acceptors (Lipinski definition) is 9. The minimum atomic E-state index is -1.11. The Kier molecular flexibility index (Phi) is 6.80. The number of amides is 1. The lowest BCUT2D eigenvalue weighted by atomic mass is 9.94. The molecule has 2 heterocycles. The Morgan fingerprint density at radius 3 is 2.11 bits per heavy atom. The molecule has 1 saturated heterocycles. The SMILES string of the molecule is COc1ccc(C(O)=C2C(=O)C(=O)N(c3cc(C)on3)[C@H]2c2cc(OC)c(OC)c(OC)c2)cc1Cl.